The summed E-state index contributed by atoms with van der Waals surface area (Å²) in [4.78, 5) is 13.5. The maximum absolute atomic E-state index is 12.8. The molecule has 0 radical (unpaired) electrons. The molecule has 0 spiro atoms. The number of fused-ring (bicyclic) bond motifs is 3. The topological polar surface area (TPSA) is 96.7 Å². The van der Waals surface area contributed by atoms with E-state index in [1.54, 1.807) is 35.6 Å². The van der Waals surface area contributed by atoms with Crippen LogP contribution in [0.3, 0.4) is 0 Å². The van der Waals surface area contributed by atoms with Crippen molar-refractivity contribution in [2.75, 3.05) is 24.2 Å². The number of thiazole rings is 1. The number of hydrogen-bond acceptors (Lipinski definition) is 7. The summed E-state index contributed by atoms with van der Waals surface area (Å²) in [5, 5.41) is 11.9. The summed E-state index contributed by atoms with van der Waals surface area (Å²) in [6.07, 6.45) is 2.85. The van der Waals surface area contributed by atoms with Crippen LogP contribution in [-0.4, -0.2) is 52.1 Å². The Balaban J connectivity index is 1.23. The highest BCUT2D eigenvalue weighted by Crippen LogP contribution is 2.29. The molecule has 1 fully saturated rings. The van der Waals surface area contributed by atoms with E-state index in [1.165, 1.54) is 16.1 Å². The maximum Gasteiger partial charge on any atom is 0.243 e. The van der Waals surface area contributed by atoms with Gasteiger partial charge in [0.15, 0.2) is 5.16 Å². The largest absolute Gasteiger partial charge is 0.325 e. The maximum atomic E-state index is 12.8. The summed E-state index contributed by atoms with van der Waals surface area (Å²) in [6, 6.07) is 14.3. The number of nitrogens with one attached hydrogen (secondary N) is 1. The van der Waals surface area contributed by atoms with Gasteiger partial charge in [-0.25, -0.2) is 8.42 Å². The summed E-state index contributed by atoms with van der Waals surface area (Å²) in [7, 11) is -3.48. The van der Waals surface area contributed by atoms with Crippen LogP contribution in [0.15, 0.2) is 58.6 Å². The predicted molar refractivity (Wildman–Crippen MR) is 127 cm³/mol. The quantitative estimate of drug-likeness (QED) is 0.415. The van der Waals surface area contributed by atoms with Gasteiger partial charge in [-0.3, -0.25) is 9.20 Å². The van der Waals surface area contributed by atoms with Crippen LogP contribution in [0.1, 0.15) is 19.3 Å². The molecular weight excluding hydrogens is 466 g/mol. The highest BCUT2D eigenvalue weighted by molar-refractivity contribution is 7.99. The molecule has 11 heteroatoms. The fraction of sp³-hybridized carbons (Fsp3) is 0.286. The van der Waals surface area contributed by atoms with Crippen molar-refractivity contribution >= 4 is 59.9 Å². The molecule has 1 saturated heterocycles. The zero-order chi connectivity index (χ0) is 22.1. The number of anilines is 1. The molecule has 0 bridgehead atoms. The first-order valence-corrected chi connectivity index (χ1v) is 13.5. The number of amides is 1. The zero-order valence-electron chi connectivity index (χ0n) is 17.1. The van der Waals surface area contributed by atoms with E-state index in [2.05, 4.69) is 15.5 Å². The number of nitrogens with zero attached hydrogens (tertiary/aromatic N) is 4. The van der Waals surface area contributed by atoms with Gasteiger partial charge in [0, 0.05) is 18.8 Å². The van der Waals surface area contributed by atoms with Crippen LogP contribution >= 0.6 is 23.1 Å². The molecule has 2 aromatic heterocycles. The van der Waals surface area contributed by atoms with E-state index in [-0.39, 0.29) is 16.6 Å². The van der Waals surface area contributed by atoms with Crippen molar-refractivity contribution in [3.63, 3.8) is 0 Å². The summed E-state index contributed by atoms with van der Waals surface area (Å²) >= 11 is 2.87. The third-order valence-electron chi connectivity index (χ3n) is 5.33. The SMILES string of the molecule is O=C(CSc1nnc2sc3ccccc3n12)Nc1ccc(S(=O)(=O)N2CCCCC2)cc1. The predicted octanol–water partition coefficient (Wildman–Crippen LogP) is 3.85. The molecule has 0 unspecified atom stereocenters. The van der Waals surface area contributed by atoms with Gasteiger partial charge >= 0.3 is 0 Å². The van der Waals surface area contributed by atoms with Crippen molar-refractivity contribution in [2.45, 2.75) is 29.3 Å². The third kappa shape index (κ3) is 4.13. The number of para-hydroxylation sites is 1. The second-order valence-corrected chi connectivity index (χ2v) is 11.4. The highest BCUT2D eigenvalue weighted by atomic mass is 32.2. The lowest BCUT2D eigenvalue weighted by Crippen LogP contribution is -2.35. The van der Waals surface area contributed by atoms with Gasteiger partial charge in [0.2, 0.25) is 20.9 Å². The van der Waals surface area contributed by atoms with E-state index in [1.807, 2.05) is 28.7 Å². The minimum absolute atomic E-state index is 0.165. The molecule has 5 rings (SSSR count). The van der Waals surface area contributed by atoms with E-state index in [0.717, 1.165) is 34.4 Å². The van der Waals surface area contributed by atoms with Gasteiger partial charge in [0.25, 0.3) is 0 Å². The van der Waals surface area contributed by atoms with Crippen LogP contribution in [0.4, 0.5) is 5.69 Å². The molecule has 0 saturated carbocycles. The van der Waals surface area contributed by atoms with Crippen molar-refractivity contribution in [1.29, 1.82) is 0 Å². The normalized spacial score (nSPS) is 15.4. The summed E-state index contributed by atoms with van der Waals surface area (Å²) < 4.78 is 30.1. The van der Waals surface area contributed by atoms with Crippen LogP contribution in [-0.2, 0) is 14.8 Å². The van der Waals surface area contributed by atoms with Crippen molar-refractivity contribution in [2.24, 2.45) is 0 Å². The van der Waals surface area contributed by atoms with Crippen LogP contribution in [0.25, 0.3) is 15.2 Å². The first-order valence-electron chi connectivity index (χ1n) is 10.3. The van der Waals surface area contributed by atoms with Crippen LogP contribution < -0.4 is 5.32 Å². The van der Waals surface area contributed by atoms with Gasteiger partial charge < -0.3 is 5.32 Å². The number of piperidine rings is 1. The fourth-order valence-electron chi connectivity index (χ4n) is 3.74. The molecule has 1 amide bonds. The fourth-order valence-corrected chi connectivity index (χ4v) is 7.03. The first kappa shape index (κ1) is 21.4. The van der Waals surface area contributed by atoms with Gasteiger partial charge in [0.1, 0.15) is 0 Å². The lowest BCUT2D eigenvalue weighted by Gasteiger charge is -2.25. The molecule has 1 aliphatic heterocycles. The number of hydrogen-bond donors (Lipinski definition) is 1. The Hall–Kier alpha value is -2.47. The molecule has 166 valence electrons. The smallest absolute Gasteiger partial charge is 0.243 e. The van der Waals surface area contributed by atoms with Gasteiger partial charge in [-0.05, 0) is 49.2 Å². The number of aromatic nitrogens is 3. The first-order chi connectivity index (χ1) is 15.5. The number of carbonyl (C=O) groups excluding carboxylic acids is 1. The molecule has 32 heavy (non-hydrogen) atoms. The summed E-state index contributed by atoms with van der Waals surface area (Å²) in [6.45, 7) is 1.13. The van der Waals surface area contributed by atoms with E-state index in [9.17, 15) is 13.2 Å². The third-order valence-corrected chi connectivity index (χ3v) is 9.19. The van der Waals surface area contributed by atoms with Crippen molar-refractivity contribution in [3.8, 4) is 0 Å². The molecule has 3 heterocycles. The Morgan fingerprint density at radius 2 is 1.78 bits per heavy atom. The van der Waals surface area contributed by atoms with E-state index in [4.69, 9.17) is 0 Å². The minimum Gasteiger partial charge on any atom is -0.325 e. The Kier molecular flexibility index (Phi) is 5.89. The lowest BCUT2D eigenvalue weighted by molar-refractivity contribution is -0.113. The highest BCUT2D eigenvalue weighted by Gasteiger charge is 2.25. The molecule has 1 N–H and O–H groups in total. The molecule has 8 nitrogen and oxygen atoms in total. The number of rotatable bonds is 6. The molecule has 0 aliphatic carbocycles. The van der Waals surface area contributed by atoms with Crippen LogP contribution in [0, 0.1) is 0 Å². The average molecular weight is 488 g/mol. The van der Waals surface area contributed by atoms with Gasteiger partial charge in [-0.2, -0.15) is 4.31 Å². The van der Waals surface area contributed by atoms with Crippen LogP contribution in [0.5, 0.6) is 0 Å². The standard InChI is InChI=1S/C21H21N5O3S3/c27-19(14-30-20-23-24-21-26(20)17-6-2-3-7-18(17)31-21)22-15-8-10-16(11-9-15)32(28,29)25-12-4-1-5-13-25/h2-3,6-11H,1,4-5,12-14H2,(H,22,27). The summed E-state index contributed by atoms with van der Waals surface area (Å²) in [5.74, 6) is -0.0309. The number of sulfonamides is 1. The van der Waals surface area contributed by atoms with Crippen LogP contribution in [0.2, 0.25) is 0 Å². The minimum atomic E-state index is -3.48. The molecule has 4 aromatic rings. The second-order valence-electron chi connectivity index (χ2n) is 7.50. The zero-order valence-corrected chi connectivity index (χ0v) is 19.5. The average Bonchev–Trinajstić information content (AvgIpc) is 3.38. The Bertz CT molecular complexity index is 1370. The number of carbonyl (C=O) groups is 1. The van der Waals surface area contributed by atoms with E-state index < -0.39 is 10.0 Å². The molecular formula is C21H21N5O3S3. The van der Waals surface area contributed by atoms with Gasteiger partial charge in [-0.1, -0.05) is 41.7 Å². The van der Waals surface area contributed by atoms with Crippen molar-refractivity contribution in [3.05, 3.63) is 48.5 Å². The van der Waals surface area contributed by atoms with E-state index in [0.29, 0.717) is 23.9 Å². The number of benzene rings is 2. The number of thioether (sulfide) groups is 1. The second kappa shape index (κ2) is 8.81. The monoisotopic (exact) mass is 487 g/mol. The van der Waals surface area contributed by atoms with Gasteiger partial charge in [0.05, 0.1) is 20.9 Å². The summed E-state index contributed by atoms with van der Waals surface area (Å²) in [5.41, 5.74) is 1.58. The molecule has 1 aliphatic rings. The van der Waals surface area contributed by atoms with E-state index >= 15 is 0 Å². The Morgan fingerprint density at radius 1 is 1.03 bits per heavy atom. The Labute approximate surface area is 193 Å². The van der Waals surface area contributed by atoms with Gasteiger partial charge in [-0.15, -0.1) is 10.2 Å². The van der Waals surface area contributed by atoms with Crippen molar-refractivity contribution < 1.29 is 13.2 Å². The molecule has 0 atom stereocenters. The Morgan fingerprint density at radius 3 is 2.56 bits per heavy atom. The molecule has 2 aromatic carbocycles. The van der Waals surface area contributed by atoms with Crippen molar-refractivity contribution in [1.82, 2.24) is 18.9 Å². The lowest BCUT2D eigenvalue weighted by atomic mass is 10.2.